The second-order valence-electron chi connectivity index (χ2n) is 5.42. The van der Waals surface area contributed by atoms with E-state index in [0.29, 0.717) is 19.4 Å². The zero-order valence-corrected chi connectivity index (χ0v) is 12.2. The Morgan fingerprint density at radius 1 is 1.18 bits per heavy atom. The van der Waals surface area contributed by atoms with Gasteiger partial charge in [-0.05, 0) is 30.2 Å². The van der Waals surface area contributed by atoms with Gasteiger partial charge in [-0.15, -0.1) is 0 Å². The van der Waals surface area contributed by atoms with E-state index in [1.54, 1.807) is 12.1 Å². The number of para-hydroxylation sites is 1. The van der Waals surface area contributed by atoms with Crippen molar-refractivity contribution in [2.75, 3.05) is 6.61 Å². The average molecular weight is 299 g/mol. The van der Waals surface area contributed by atoms with Gasteiger partial charge in [-0.2, -0.15) is 0 Å². The molecule has 0 aromatic heterocycles. The van der Waals surface area contributed by atoms with Crippen LogP contribution >= 0.6 is 0 Å². The van der Waals surface area contributed by atoms with Gasteiger partial charge < -0.3 is 10.1 Å². The highest BCUT2D eigenvalue weighted by Crippen LogP contribution is 2.31. The van der Waals surface area contributed by atoms with Gasteiger partial charge >= 0.3 is 0 Å². The van der Waals surface area contributed by atoms with Crippen molar-refractivity contribution in [2.45, 2.75) is 25.3 Å². The second-order valence-corrected chi connectivity index (χ2v) is 5.42. The molecule has 2 aromatic carbocycles. The zero-order valence-electron chi connectivity index (χ0n) is 12.2. The van der Waals surface area contributed by atoms with E-state index in [9.17, 15) is 9.18 Å². The van der Waals surface area contributed by atoms with E-state index in [1.165, 1.54) is 12.1 Å². The molecule has 0 radical (unpaired) electrons. The third-order valence-electron chi connectivity index (χ3n) is 3.85. The van der Waals surface area contributed by atoms with Gasteiger partial charge in [0.25, 0.3) is 0 Å². The molecule has 3 nitrogen and oxygen atoms in total. The number of carbonyl (C=O) groups excluding carboxylic acids is 1. The van der Waals surface area contributed by atoms with Crippen LogP contribution in [0.1, 0.15) is 30.0 Å². The molecule has 0 bridgehead atoms. The van der Waals surface area contributed by atoms with Gasteiger partial charge in [-0.1, -0.05) is 30.3 Å². The van der Waals surface area contributed by atoms with Gasteiger partial charge in [0.1, 0.15) is 11.6 Å². The number of amides is 1. The van der Waals surface area contributed by atoms with Crippen LogP contribution in [0.4, 0.5) is 4.39 Å². The maximum absolute atomic E-state index is 12.8. The fourth-order valence-electron chi connectivity index (χ4n) is 2.67. The van der Waals surface area contributed by atoms with Crippen LogP contribution in [0.2, 0.25) is 0 Å². The Hall–Kier alpha value is -2.36. The third kappa shape index (κ3) is 3.45. The molecule has 22 heavy (non-hydrogen) atoms. The van der Waals surface area contributed by atoms with Crippen LogP contribution in [0.25, 0.3) is 0 Å². The maximum atomic E-state index is 12.8. The monoisotopic (exact) mass is 299 g/mol. The van der Waals surface area contributed by atoms with Gasteiger partial charge in [0.2, 0.25) is 5.91 Å². The fourth-order valence-corrected chi connectivity index (χ4v) is 2.67. The van der Waals surface area contributed by atoms with Crippen molar-refractivity contribution in [1.82, 2.24) is 5.32 Å². The quantitative estimate of drug-likeness (QED) is 0.939. The number of benzene rings is 2. The minimum atomic E-state index is -0.257. The summed E-state index contributed by atoms with van der Waals surface area (Å²) in [6, 6.07) is 14.1. The predicted octanol–water partition coefficient (Wildman–Crippen LogP) is 3.40. The molecule has 2 aromatic rings. The molecule has 1 unspecified atom stereocenters. The Balaban J connectivity index is 1.57. The van der Waals surface area contributed by atoms with E-state index >= 15 is 0 Å². The summed E-state index contributed by atoms with van der Waals surface area (Å²) in [5, 5.41) is 3.06. The number of fused-ring (bicyclic) bond motifs is 1. The summed E-state index contributed by atoms with van der Waals surface area (Å²) in [5.41, 5.74) is 1.99. The van der Waals surface area contributed by atoms with Crippen molar-refractivity contribution in [3.8, 4) is 5.75 Å². The van der Waals surface area contributed by atoms with Crippen molar-refractivity contribution in [1.29, 1.82) is 0 Å². The Morgan fingerprint density at radius 2 is 1.95 bits per heavy atom. The van der Waals surface area contributed by atoms with Gasteiger partial charge in [0.15, 0.2) is 0 Å². The molecule has 1 amide bonds. The van der Waals surface area contributed by atoms with Crippen LogP contribution in [-0.4, -0.2) is 12.5 Å². The molecule has 0 aliphatic carbocycles. The SMILES string of the molecule is O=C(CCc1ccc(F)cc1)NC1CCOc2ccccc21. The average Bonchev–Trinajstić information content (AvgIpc) is 2.55. The summed E-state index contributed by atoms with van der Waals surface area (Å²) in [4.78, 5) is 12.1. The van der Waals surface area contributed by atoms with Crippen molar-refractivity contribution in [3.63, 3.8) is 0 Å². The van der Waals surface area contributed by atoms with E-state index in [-0.39, 0.29) is 17.8 Å². The number of nitrogens with one attached hydrogen (secondary N) is 1. The normalized spacial score (nSPS) is 16.5. The van der Waals surface area contributed by atoms with E-state index in [4.69, 9.17) is 4.74 Å². The first kappa shape index (κ1) is 14.6. The van der Waals surface area contributed by atoms with Gasteiger partial charge in [0.05, 0.1) is 12.6 Å². The number of ether oxygens (including phenoxy) is 1. The highest BCUT2D eigenvalue weighted by Gasteiger charge is 2.22. The molecule has 1 heterocycles. The standard InChI is InChI=1S/C18H18FNO2/c19-14-8-5-13(6-9-14)7-10-18(21)20-16-11-12-22-17-4-2-1-3-15(16)17/h1-6,8-9,16H,7,10-12H2,(H,20,21). The Bertz CT molecular complexity index is 654. The molecule has 1 aliphatic heterocycles. The Morgan fingerprint density at radius 3 is 2.77 bits per heavy atom. The molecule has 0 saturated heterocycles. The molecule has 114 valence electrons. The van der Waals surface area contributed by atoms with Gasteiger partial charge in [-0.25, -0.2) is 4.39 Å². The number of carbonyl (C=O) groups is 1. The molecular formula is C18H18FNO2. The lowest BCUT2D eigenvalue weighted by molar-refractivity contribution is -0.122. The summed E-state index contributed by atoms with van der Waals surface area (Å²) < 4.78 is 18.4. The van der Waals surface area contributed by atoms with E-state index in [2.05, 4.69) is 5.32 Å². The third-order valence-corrected chi connectivity index (χ3v) is 3.85. The molecule has 1 N–H and O–H groups in total. The van der Waals surface area contributed by atoms with Crippen LogP contribution in [0.15, 0.2) is 48.5 Å². The lowest BCUT2D eigenvalue weighted by Gasteiger charge is -2.26. The molecule has 0 fully saturated rings. The first-order chi connectivity index (χ1) is 10.7. The first-order valence-electron chi connectivity index (χ1n) is 7.48. The van der Waals surface area contributed by atoms with Crippen LogP contribution in [0.5, 0.6) is 5.75 Å². The predicted molar refractivity (Wildman–Crippen MR) is 82.2 cm³/mol. The van der Waals surface area contributed by atoms with Crippen LogP contribution in [-0.2, 0) is 11.2 Å². The molecule has 4 heteroatoms. The van der Waals surface area contributed by atoms with E-state index < -0.39 is 0 Å². The smallest absolute Gasteiger partial charge is 0.220 e. The topological polar surface area (TPSA) is 38.3 Å². The van der Waals surface area contributed by atoms with Crippen molar-refractivity contribution >= 4 is 5.91 Å². The highest BCUT2D eigenvalue weighted by molar-refractivity contribution is 5.76. The van der Waals surface area contributed by atoms with Crippen LogP contribution in [0, 0.1) is 5.82 Å². The van der Waals surface area contributed by atoms with E-state index in [1.807, 2.05) is 24.3 Å². The lowest BCUT2D eigenvalue weighted by atomic mass is 10.00. The summed E-state index contributed by atoms with van der Waals surface area (Å²) in [6.45, 7) is 0.611. The van der Waals surface area contributed by atoms with Crippen molar-refractivity contribution in [2.24, 2.45) is 0 Å². The Kier molecular flexibility index (Phi) is 4.37. The number of halogens is 1. The zero-order chi connectivity index (χ0) is 15.4. The summed E-state index contributed by atoms with van der Waals surface area (Å²) >= 11 is 0. The van der Waals surface area contributed by atoms with Crippen molar-refractivity contribution < 1.29 is 13.9 Å². The fraction of sp³-hybridized carbons (Fsp3) is 0.278. The second kappa shape index (κ2) is 6.60. The highest BCUT2D eigenvalue weighted by atomic mass is 19.1. The Labute approximate surface area is 129 Å². The number of rotatable bonds is 4. The molecule has 0 saturated carbocycles. The molecule has 0 spiro atoms. The van der Waals surface area contributed by atoms with Gasteiger partial charge in [0, 0.05) is 18.4 Å². The molecule has 3 rings (SSSR count). The van der Waals surface area contributed by atoms with Crippen LogP contribution in [0.3, 0.4) is 0 Å². The minimum absolute atomic E-state index is 0.00525. The lowest BCUT2D eigenvalue weighted by Crippen LogP contribution is -2.32. The summed E-state index contributed by atoms with van der Waals surface area (Å²) in [7, 11) is 0. The number of hydrogen-bond donors (Lipinski definition) is 1. The van der Waals surface area contributed by atoms with E-state index in [0.717, 1.165) is 23.3 Å². The summed E-state index contributed by atoms with van der Waals surface area (Å²) in [6.07, 6.45) is 1.78. The molecular weight excluding hydrogens is 281 g/mol. The molecule has 1 atom stereocenters. The van der Waals surface area contributed by atoms with Crippen LogP contribution < -0.4 is 10.1 Å². The minimum Gasteiger partial charge on any atom is -0.493 e. The molecule has 1 aliphatic rings. The number of aryl methyl sites for hydroxylation is 1. The first-order valence-corrected chi connectivity index (χ1v) is 7.48. The van der Waals surface area contributed by atoms with Gasteiger partial charge in [-0.3, -0.25) is 4.79 Å². The number of hydrogen-bond acceptors (Lipinski definition) is 2. The summed E-state index contributed by atoms with van der Waals surface area (Å²) in [5.74, 6) is 0.593. The maximum Gasteiger partial charge on any atom is 0.220 e. The largest absolute Gasteiger partial charge is 0.493 e. The van der Waals surface area contributed by atoms with Crippen molar-refractivity contribution in [3.05, 3.63) is 65.5 Å².